The number of allylic oxidation sites excluding steroid dienone is 2. The summed E-state index contributed by atoms with van der Waals surface area (Å²) in [5, 5.41) is 20.1. The second-order valence-corrected chi connectivity index (χ2v) is 18.9. The molecule has 2 aliphatic heterocycles. The SMILES string of the molecule is CC12CCC(O)CC1=CCC1C2CCC2(C)C1CC[C@@]21CO1.CC12CCC(O)CC1=CCC1C2CCC2(C)C1CC[C@@]21CO1. The van der Waals surface area contributed by atoms with Crippen LogP contribution in [0.1, 0.15) is 130 Å². The molecule has 0 bridgehead atoms. The second kappa shape index (κ2) is 9.48. The predicted molar refractivity (Wildman–Crippen MR) is 173 cm³/mol. The topological polar surface area (TPSA) is 65.5 Å². The molecule has 8 fully saturated rings. The van der Waals surface area contributed by atoms with E-state index in [2.05, 4.69) is 39.8 Å². The molecule has 0 aromatic heterocycles. The van der Waals surface area contributed by atoms with Crippen LogP contribution in [-0.2, 0) is 9.47 Å². The molecule has 2 spiro atoms. The van der Waals surface area contributed by atoms with Gasteiger partial charge in [-0.3, -0.25) is 0 Å². The maximum Gasteiger partial charge on any atom is 0.0972 e. The molecule has 0 aromatic carbocycles. The van der Waals surface area contributed by atoms with Crippen molar-refractivity contribution in [2.75, 3.05) is 13.2 Å². The fourth-order valence-electron chi connectivity index (χ4n) is 14.6. The van der Waals surface area contributed by atoms with Crippen molar-refractivity contribution in [3.63, 3.8) is 0 Å². The first-order valence-corrected chi connectivity index (χ1v) is 19.0. The van der Waals surface area contributed by atoms with Crippen LogP contribution in [0.25, 0.3) is 0 Å². The van der Waals surface area contributed by atoms with Gasteiger partial charge in [-0.2, -0.15) is 0 Å². The van der Waals surface area contributed by atoms with Gasteiger partial charge in [0.2, 0.25) is 0 Å². The molecule has 12 unspecified atom stereocenters. The Kier molecular flexibility index (Phi) is 6.34. The van der Waals surface area contributed by atoms with E-state index < -0.39 is 0 Å². The standard InChI is InChI=1S/2C20H30O2/c2*1-18-8-5-14(21)11-13(18)3-4-15-16(18)6-9-19(2)17(15)7-10-20(19)12-22-20/h2*3,14-17,21H,4-12H2,1-2H3/t2*14?,15?,16?,17?,18?,19?,20-/m11/s1. The van der Waals surface area contributed by atoms with Crippen molar-refractivity contribution in [1.82, 2.24) is 0 Å². The highest BCUT2D eigenvalue weighted by Gasteiger charge is 2.71. The predicted octanol–water partition coefficient (Wildman–Crippen LogP) is 8.16. The Morgan fingerprint density at radius 2 is 0.932 bits per heavy atom. The average molecular weight is 605 g/mol. The van der Waals surface area contributed by atoms with Crippen molar-refractivity contribution in [1.29, 1.82) is 0 Å². The molecule has 4 nitrogen and oxygen atoms in total. The molecule has 2 heterocycles. The third kappa shape index (κ3) is 3.78. The third-order valence-corrected chi connectivity index (χ3v) is 17.7. The first kappa shape index (κ1) is 29.5. The van der Waals surface area contributed by atoms with Crippen LogP contribution >= 0.6 is 0 Å². The minimum Gasteiger partial charge on any atom is -0.393 e. The quantitative estimate of drug-likeness (QED) is 0.216. The molecule has 8 aliphatic carbocycles. The van der Waals surface area contributed by atoms with Gasteiger partial charge in [0.05, 0.1) is 36.6 Å². The number of hydrogen-bond acceptors (Lipinski definition) is 4. The van der Waals surface area contributed by atoms with Gasteiger partial charge < -0.3 is 19.7 Å². The zero-order valence-corrected chi connectivity index (χ0v) is 28.2. The van der Waals surface area contributed by atoms with Crippen molar-refractivity contribution in [3.05, 3.63) is 23.3 Å². The zero-order valence-electron chi connectivity index (χ0n) is 28.2. The number of aliphatic hydroxyl groups excluding tert-OH is 2. The van der Waals surface area contributed by atoms with E-state index in [9.17, 15) is 10.2 Å². The molecular formula is C40H60O4. The van der Waals surface area contributed by atoms with E-state index >= 15 is 0 Å². The molecule has 2 N–H and O–H groups in total. The molecule has 0 aromatic rings. The van der Waals surface area contributed by atoms with E-state index in [-0.39, 0.29) is 23.4 Å². The molecule has 0 amide bonds. The fraction of sp³-hybridized carbons (Fsp3) is 0.900. The van der Waals surface area contributed by atoms with Crippen LogP contribution in [0.4, 0.5) is 0 Å². The summed E-state index contributed by atoms with van der Waals surface area (Å²) in [6, 6.07) is 0. The van der Waals surface area contributed by atoms with E-state index in [1.54, 1.807) is 11.1 Å². The number of epoxide rings is 2. The fourth-order valence-corrected chi connectivity index (χ4v) is 14.6. The van der Waals surface area contributed by atoms with Gasteiger partial charge in [0, 0.05) is 10.8 Å². The first-order valence-electron chi connectivity index (χ1n) is 19.0. The van der Waals surface area contributed by atoms with E-state index in [1.807, 2.05) is 0 Å². The van der Waals surface area contributed by atoms with Crippen LogP contribution in [-0.4, -0.2) is 46.8 Å². The van der Waals surface area contributed by atoms with E-state index in [0.717, 1.165) is 74.4 Å². The lowest BCUT2D eigenvalue weighted by Gasteiger charge is -2.57. The van der Waals surface area contributed by atoms with Gasteiger partial charge in [0.1, 0.15) is 0 Å². The zero-order chi connectivity index (χ0) is 30.3. The number of ether oxygens (including phenoxy) is 2. The van der Waals surface area contributed by atoms with Gasteiger partial charge in [0.15, 0.2) is 0 Å². The lowest BCUT2D eigenvalue weighted by molar-refractivity contribution is -0.0556. The highest BCUT2D eigenvalue weighted by Crippen LogP contribution is 2.72. The lowest BCUT2D eigenvalue weighted by atomic mass is 9.47. The van der Waals surface area contributed by atoms with E-state index in [4.69, 9.17) is 9.47 Å². The van der Waals surface area contributed by atoms with Gasteiger partial charge in [-0.1, -0.05) is 51.0 Å². The number of fused-ring (bicyclic) bond motifs is 12. The highest BCUT2D eigenvalue weighted by molar-refractivity contribution is 5.29. The summed E-state index contributed by atoms with van der Waals surface area (Å²) in [6.07, 6.45) is 24.6. The van der Waals surface area contributed by atoms with Crippen molar-refractivity contribution >= 4 is 0 Å². The number of rotatable bonds is 0. The van der Waals surface area contributed by atoms with Crippen molar-refractivity contribution in [3.8, 4) is 0 Å². The van der Waals surface area contributed by atoms with Crippen LogP contribution in [0.15, 0.2) is 23.3 Å². The molecule has 6 saturated carbocycles. The molecule has 44 heavy (non-hydrogen) atoms. The van der Waals surface area contributed by atoms with Gasteiger partial charge in [-0.25, -0.2) is 0 Å². The summed E-state index contributed by atoms with van der Waals surface area (Å²) in [5.41, 5.74) is 5.38. The largest absolute Gasteiger partial charge is 0.393 e. The average Bonchev–Trinajstić information content (AvgIpc) is 3.91. The van der Waals surface area contributed by atoms with E-state index in [0.29, 0.717) is 21.7 Å². The van der Waals surface area contributed by atoms with Crippen LogP contribution in [0, 0.1) is 57.2 Å². The summed E-state index contributed by atoms with van der Waals surface area (Å²) in [5.74, 6) is 5.18. The Bertz CT molecular complexity index is 1160. The monoisotopic (exact) mass is 604 g/mol. The molecule has 2 saturated heterocycles. The Hall–Kier alpha value is -0.680. The lowest BCUT2D eigenvalue weighted by Crippen LogP contribution is -2.51. The minimum absolute atomic E-state index is 0.0839. The second-order valence-electron chi connectivity index (χ2n) is 18.9. The highest BCUT2D eigenvalue weighted by atomic mass is 16.6. The van der Waals surface area contributed by atoms with Crippen LogP contribution < -0.4 is 0 Å². The summed E-state index contributed by atoms with van der Waals surface area (Å²) in [6.45, 7) is 12.2. The van der Waals surface area contributed by atoms with Gasteiger partial charge in [-0.15, -0.1) is 0 Å². The van der Waals surface area contributed by atoms with Gasteiger partial charge in [-0.05, 0) is 149 Å². The number of aliphatic hydroxyl groups is 2. The molecular weight excluding hydrogens is 544 g/mol. The Balaban J connectivity index is 0.000000123. The molecule has 14 atom stereocenters. The molecule has 10 rings (SSSR count). The summed E-state index contributed by atoms with van der Waals surface area (Å²) >= 11 is 0. The molecule has 0 radical (unpaired) electrons. The van der Waals surface area contributed by atoms with Crippen LogP contribution in [0.5, 0.6) is 0 Å². The van der Waals surface area contributed by atoms with Crippen molar-refractivity contribution in [2.45, 2.75) is 154 Å². The third-order valence-electron chi connectivity index (χ3n) is 17.7. The first-order chi connectivity index (χ1) is 21.0. The van der Waals surface area contributed by atoms with Crippen molar-refractivity contribution < 1.29 is 19.7 Å². The maximum absolute atomic E-state index is 10.1. The number of hydrogen-bond donors (Lipinski definition) is 2. The smallest absolute Gasteiger partial charge is 0.0972 e. The van der Waals surface area contributed by atoms with Crippen LogP contribution in [0.2, 0.25) is 0 Å². The van der Waals surface area contributed by atoms with Crippen LogP contribution in [0.3, 0.4) is 0 Å². The Labute approximate surface area is 266 Å². The summed E-state index contributed by atoms with van der Waals surface area (Å²) in [7, 11) is 0. The molecule has 10 aliphatic rings. The molecule has 4 heteroatoms. The van der Waals surface area contributed by atoms with E-state index in [1.165, 1.54) is 77.0 Å². The Morgan fingerprint density at radius 1 is 0.545 bits per heavy atom. The molecule has 244 valence electrons. The van der Waals surface area contributed by atoms with Gasteiger partial charge >= 0.3 is 0 Å². The summed E-state index contributed by atoms with van der Waals surface area (Å²) in [4.78, 5) is 0. The van der Waals surface area contributed by atoms with Crippen molar-refractivity contribution in [2.24, 2.45) is 57.2 Å². The Morgan fingerprint density at radius 3 is 1.32 bits per heavy atom. The minimum atomic E-state index is -0.0839. The summed E-state index contributed by atoms with van der Waals surface area (Å²) < 4.78 is 12.0. The maximum atomic E-state index is 10.1. The normalized spacial score (nSPS) is 59.5. The van der Waals surface area contributed by atoms with Gasteiger partial charge in [0.25, 0.3) is 0 Å².